The topological polar surface area (TPSA) is 102 Å². The van der Waals surface area contributed by atoms with Crippen LogP contribution in [0.3, 0.4) is 0 Å². The number of halogens is 4. The minimum absolute atomic E-state index is 0.0575. The van der Waals surface area contributed by atoms with Gasteiger partial charge in [0.15, 0.2) is 6.61 Å². The molecule has 0 aliphatic rings. The SMILES string of the molecule is CNS(=O)(=O)c1ccc(F)c(C(=O)OCC(=O)Nc2c(Cl)cc(Cl)cc2Cl)c1. The maximum absolute atomic E-state index is 13.9. The molecule has 150 valence electrons. The molecule has 0 fully saturated rings. The molecule has 0 saturated heterocycles. The van der Waals surface area contributed by atoms with E-state index in [-0.39, 0.29) is 25.7 Å². The van der Waals surface area contributed by atoms with Gasteiger partial charge in [-0.25, -0.2) is 22.3 Å². The Bertz CT molecular complexity index is 1020. The molecule has 1 amide bonds. The fraction of sp³-hybridized carbons (Fsp3) is 0.125. The molecule has 2 aromatic rings. The Morgan fingerprint density at radius 1 is 1.11 bits per heavy atom. The van der Waals surface area contributed by atoms with E-state index in [9.17, 15) is 22.4 Å². The van der Waals surface area contributed by atoms with Gasteiger partial charge in [-0.15, -0.1) is 0 Å². The van der Waals surface area contributed by atoms with Gasteiger partial charge in [0, 0.05) is 5.02 Å². The second kappa shape index (κ2) is 9.06. The number of anilines is 1. The Labute approximate surface area is 174 Å². The van der Waals surface area contributed by atoms with Gasteiger partial charge >= 0.3 is 5.97 Å². The summed E-state index contributed by atoms with van der Waals surface area (Å²) in [6.45, 7) is -0.795. The number of carbonyl (C=O) groups is 2. The number of benzene rings is 2. The van der Waals surface area contributed by atoms with Gasteiger partial charge < -0.3 is 10.1 Å². The molecule has 0 aromatic heterocycles. The van der Waals surface area contributed by atoms with Gasteiger partial charge in [-0.1, -0.05) is 34.8 Å². The molecular formula is C16H12Cl3FN2O5S. The highest BCUT2D eigenvalue weighted by atomic mass is 35.5. The summed E-state index contributed by atoms with van der Waals surface area (Å²) in [6.07, 6.45) is 0. The lowest BCUT2D eigenvalue weighted by Crippen LogP contribution is -2.22. The van der Waals surface area contributed by atoms with Crippen molar-refractivity contribution in [1.29, 1.82) is 0 Å². The van der Waals surface area contributed by atoms with Crippen molar-refractivity contribution in [2.24, 2.45) is 0 Å². The Morgan fingerprint density at radius 2 is 1.71 bits per heavy atom. The van der Waals surface area contributed by atoms with Gasteiger partial charge in [-0.05, 0) is 37.4 Å². The summed E-state index contributed by atoms with van der Waals surface area (Å²) in [7, 11) is -2.74. The first-order valence-electron chi connectivity index (χ1n) is 7.39. The van der Waals surface area contributed by atoms with Crippen molar-refractivity contribution < 1.29 is 27.1 Å². The smallest absolute Gasteiger partial charge is 0.341 e. The molecule has 2 rings (SSSR count). The van der Waals surface area contributed by atoms with E-state index < -0.39 is 39.9 Å². The number of amides is 1. The molecule has 0 unspecified atom stereocenters. The number of carbonyl (C=O) groups excluding carboxylic acids is 2. The average Bonchev–Trinajstić information content (AvgIpc) is 2.62. The third-order valence-corrected chi connectivity index (χ3v) is 5.57. The van der Waals surface area contributed by atoms with Crippen LogP contribution >= 0.6 is 34.8 Å². The normalized spacial score (nSPS) is 11.2. The fourth-order valence-electron chi connectivity index (χ4n) is 1.99. The van der Waals surface area contributed by atoms with Crippen molar-refractivity contribution >= 4 is 62.4 Å². The van der Waals surface area contributed by atoms with E-state index in [0.29, 0.717) is 0 Å². The van der Waals surface area contributed by atoms with Gasteiger partial charge in [0.1, 0.15) is 5.82 Å². The first-order valence-corrected chi connectivity index (χ1v) is 10.0. The molecule has 0 aliphatic carbocycles. The average molecular weight is 470 g/mol. The summed E-state index contributed by atoms with van der Waals surface area (Å²) < 4.78 is 44.1. The third-order valence-electron chi connectivity index (χ3n) is 3.34. The Hall–Kier alpha value is -1.91. The van der Waals surface area contributed by atoms with Gasteiger partial charge in [0.25, 0.3) is 5.91 Å². The highest BCUT2D eigenvalue weighted by Crippen LogP contribution is 2.33. The molecular weight excluding hydrogens is 458 g/mol. The van der Waals surface area contributed by atoms with E-state index in [2.05, 4.69) is 5.32 Å². The van der Waals surface area contributed by atoms with Crippen LogP contribution in [0.25, 0.3) is 0 Å². The number of esters is 1. The van der Waals surface area contributed by atoms with Crippen LogP contribution in [0.15, 0.2) is 35.2 Å². The van der Waals surface area contributed by atoms with Crippen LogP contribution in [0.2, 0.25) is 15.1 Å². The lowest BCUT2D eigenvalue weighted by molar-refractivity contribution is -0.119. The van der Waals surface area contributed by atoms with E-state index in [1.54, 1.807) is 0 Å². The molecule has 0 spiro atoms. The number of sulfonamides is 1. The fourth-order valence-corrected chi connectivity index (χ4v) is 3.66. The number of nitrogens with one attached hydrogen (secondary N) is 2. The highest BCUT2D eigenvalue weighted by molar-refractivity contribution is 7.89. The van der Waals surface area contributed by atoms with E-state index in [4.69, 9.17) is 39.5 Å². The lowest BCUT2D eigenvalue weighted by Gasteiger charge is -2.11. The molecule has 28 heavy (non-hydrogen) atoms. The second-order valence-electron chi connectivity index (χ2n) is 5.22. The summed E-state index contributed by atoms with van der Waals surface area (Å²) in [5.41, 5.74) is -0.589. The van der Waals surface area contributed by atoms with Crippen molar-refractivity contribution in [3.63, 3.8) is 0 Å². The van der Waals surface area contributed by atoms with E-state index >= 15 is 0 Å². The maximum Gasteiger partial charge on any atom is 0.341 e. The van der Waals surface area contributed by atoms with Gasteiger partial charge in [-0.3, -0.25) is 4.79 Å². The molecule has 0 aliphatic heterocycles. The van der Waals surface area contributed by atoms with Gasteiger partial charge in [0.2, 0.25) is 10.0 Å². The van der Waals surface area contributed by atoms with Crippen molar-refractivity contribution in [2.75, 3.05) is 19.0 Å². The predicted molar refractivity (Wildman–Crippen MR) is 103 cm³/mol. The Balaban J connectivity index is 2.10. The number of ether oxygens (including phenoxy) is 1. The molecule has 0 atom stereocenters. The molecule has 7 nitrogen and oxygen atoms in total. The monoisotopic (exact) mass is 468 g/mol. The predicted octanol–water partition coefficient (Wildman–Crippen LogP) is 3.49. The molecule has 2 aromatic carbocycles. The zero-order valence-electron chi connectivity index (χ0n) is 14.1. The quantitative estimate of drug-likeness (QED) is 0.631. The van der Waals surface area contributed by atoms with Crippen molar-refractivity contribution in [3.8, 4) is 0 Å². The summed E-state index contributed by atoms with van der Waals surface area (Å²) in [6, 6.07) is 5.27. The number of hydrogen-bond donors (Lipinski definition) is 2. The summed E-state index contributed by atoms with van der Waals surface area (Å²) in [5.74, 6) is -3.04. The van der Waals surface area contributed by atoms with Crippen LogP contribution in [-0.4, -0.2) is 33.9 Å². The summed E-state index contributed by atoms with van der Waals surface area (Å²) >= 11 is 17.6. The summed E-state index contributed by atoms with van der Waals surface area (Å²) in [4.78, 5) is 23.7. The van der Waals surface area contributed by atoms with Crippen molar-refractivity contribution in [1.82, 2.24) is 4.72 Å². The largest absolute Gasteiger partial charge is 0.452 e. The number of rotatable bonds is 6. The standard InChI is InChI=1S/C16H12Cl3FN2O5S/c1-21-28(25,26)9-2-3-13(20)10(6-9)16(24)27-7-14(23)22-15-11(18)4-8(17)5-12(15)19/h2-6,21H,7H2,1H3,(H,22,23). The molecule has 12 heteroatoms. The lowest BCUT2D eigenvalue weighted by atomic mass is 10.2. The number of hydrogen-bond acceptors (Lipinski definition) is 5. The van der Waals surface area contributed by atoms with E-state index in [0.717, 1.165) is 25.2 Å². The second-order valence-corrected chi connectivity index (χ2v) is 8.36. The Morgan fingerprint density at radius 3 is 2.29 bits per heavy atom. The van der Waals surface area contributed by atoms with Crippen LogP contribution in [0, 0.1) is 5.82 Å². The molecule has 0 radical (unpaired) electrons. The molecule has 0 bridgehead atoms. The minimum atomic E-state index is -3.90. The van der Waals surface area contributed by atoms with Crippen LogP contribution in [0.5, 0.6) is 0 Å². The first kappa shape index (κ1) is 22.4. The highest BCUT2D eigenvalue weighted by Gasteiger charge is 2.20. The molecule has 0 saturated carbocycles. The van der Waals surface area contributed by atoms with Crippen LogP contribution in [-0.2, 0) is 19.6 Å². The van der Waals surface area contributed by atoms with E-state index in [1.165, 1.54) is 12.1 Å². The van der Waals surface area contributed by atoms with E-state index in [1.807, 2.05) is 4.72 Å². The van der Waals surface area contributed by atoms with Crippen LogP contribution in [0.1, 0.15) is 10.4 Å². The molecule has 2 N–H and O–H groups in total. The zero-order chi connectivity index (χ0) is 21.1. The minimum Gasteiger partial charge on any atom is -0.452 e. The van der Waals surface area contributed by atoms with Gasteiger partial charge in [0.05, 0.1) is 26.2 Å². The van der Waals surface area contributed by atoms with Crippen LogP contribution in [0.4, 0.5) is 10.1 Å². The first-order chi connectivity index (χ1) is 13.0. The van der Waals surface area contributed by atoms with Gasteiger partial charge in [-0.2, -0.15) is 0 Å². The van der Waals surface area contributed by atoms with Crippen LogP contribution < -0.4 is 10.0 Å². The zero-order valence-corrected chi connectivity index (χ0v) is 17.1. The third kappa shape index (κ3) is 5.33. The van der Waals surface area contributed by atoms with Crippen molar-refractivity contribution in [3.05, 3.63) is 56.8 Å². The molecule has 0 heterocycles. The van der Waals surface area contributed by atoms with Crippen molar-refractivity contribution in [2.45, 2.75) is 4.90 Å². The maximum atomic E-state index is 13.9. The summed E-state index contributed by atoms with van der Waals surface area (Å²) in [5, 5.41) is 2.72. The Kier molecular flexibility index (Phi) is 7.24.